The predicted octanol–water partition coefficient (Wildman–Crippen LogP) is 0.182. The fourth-order valence-electron chi connectivity index (χ4n) is 0. The minimum absolute atomic E-state index is 0.194. The molecular weight excluding hydrogens is 133 g/mol. The van der Waals surface area contributed by atoms with Gasteiger partial charge in [0.05, 0.1) is 26.5 Å². The van der Waals surface area contributed by atoms with Crippen molar-refractivity contribution in [3.8, 4) is 0 Å². The Bertz CT molecular complexity index is 20.9. The highest BCUT2D eigenvalue weighted by Gasteiger charge is 1.61. The average molecular weight is 145 g/mol. The number of hydrogen-bond acceptors (Lipinski definition) is 0. The van der Waals surface area contributed by atoms with Crippen LogP contribution in [0.2, 0.25) is 0 Å². The van der Waals surface area contributed by atoms with E-state index in [1.807, 2.05) is 0 Å². The van der Waals surface area contributed by atoms with Crippen molar-refractivity contribution in [2.24, 2.45) is 0 Å². The average Bonchev–Trinajstić information content (AvgIpc) is 1.33. The van der Waals surface area contributed by atoms with Gasteiger partial charge in [-0.05, 0) is 0 Å². The molecule has 0 unspecified atom stereocenters. The van der Waals surface area contributed by atoms with E-state index in [-0.39, 0.29) is 5.34 Å². The highest BCUT2D eigenvalue weighted by atomic mass is 35.5. The minimum Gasteiger partial charge on any atom is -0.342 e. The number of alkyl halides is 2. The summed E-state index contributed by atoms with van der Waals surface area (Å²) >= 11 is 9.53. The molecule has 1 N–H and O–H groups in total. The van der Waals surface area contributed by atoms with E-state index in [4.69, 9.17) is 23.2 Å². The van der Waals surface area contributed by atoms with Gasteiger partial charge in [-0.15, -0.1) is 23.2 Å². The van der Waals surface area contributed by atoms with E-state index >= 15 is 0 Å². The third kappa shape index (κ3) is 462. The zero-order chi connectivity index (χ0) is 6.28. The molecule has 1 nitrogen and oxygen atoms in total. The molecule has 0 amide bonds. The van der Waals surface area contributed by atoms with Gasteiger partial charge in [-0.1, -0.05) is 0 Å². The third-order valence-corrected chi connectivity index (χ3v) is 0. The smallest absolute Gasteiger partial charge is 0.0967 e. The van der Waals surface area contributed by atoms with E-state index in [1.165, 1.54) is 4.90 Å². The molecule has 0 aromatic carbocycles. The molecule has 7 heavy (non-hydrogen) atoms. The Morgan fingerprint density at radius 2 is 1.14 bits per heavy atom. The van der Waals surface area contributed by atoms with Gasteiger partial charge in [0.25, 0.3) is 0 Å². The molecule has 0 saturated carbocycles. The number of halogens is 2. The first-order valence-electron chi connectivity index (χ1n) is 2.03. The van der Waals surface area contributed by atoms with Gasteiger partial charge in [0, 0.05) is 0 Å². The first-order chi connectivity index (χ1) is 3.15. The van der Waals surface area contributed by atoms with Crippen LogP contribution < -0.4 is 4.90 Å². The van der Waals surface area contributed by atoms with Gasteiger partial charge < -0.3 is 4.90 Å². The van der Waals surface area contributed by atoms with E-state index < -0.39 is 0 Å². The number of quaternary nitrogens is 1. The molecule has 0 spiro atoms. The van der Waals surface area contributed by atoms with E-state index in [0.717, 1.165) is 0 Å². The van der Waals surface area contributed by atoms with Gasteiger partial charge in [0.1, 0.15) is 0 Å². The van der Waals surface area contributed by atoms with Crippen LogP contribution in [0.3, 0.4) is 0 Å². The molecule has 46 valence electrons. The highest BCUT2D eigenvalue weighted by molar-refractivity contribution is 6.40. The quantitative estimate of drug-likeness (QED) is 0.464. The maximum absolute atomic E-state index is 4.76. The molecule has 0 bridgehead atoms. The molecule has 0 aliphatic heterocycles. The van der Waals surface area contributed by atoms with Crippen molar-refractivity contribution in [3.05, 3.63) is 0 Å². The zero-order valence-corrected chi connectivity index (χ0v) is 6.47. The molecule has 0 saturated heterocycles. The molecule has 0 aliphatic rings. The molecule has 0 heterocycles. The standard InChI is InChI=1S/C3H9N.CH2Cl2/c1-4(2)3;2-1-3/h1-3H3;1H2/p+1. The molecule has 0 rings (SSSR count). The van der Waals surface area contributed by atoms with Crippen LogP contribution in [-0.2, 0) is 0 Å². The summed E-state index contributed by atoms with van der Waals surface area (Å²) in [5.74, 6) is 0. The second-order valence-electron chi connectivity index (χ2n) is 1.60. The van der Waals surface area contributed by atoms with Gasteiger partial charge in [-0.3, -0.25) is 0 Å². The van der Waals surface area contributed by atoms with Crippen LogP contribution in [-0.4, -0.2) is 26.5 Å². The lowest BCUT2D eigenvalue weighted by molar-refractivity contribution is -0.836. The second-order valence-corrected chi connectivity index (χ2v) is 2.41. The summed E-state index contributed by atoms with van der Waals surface area (Å²) < 4.78 is 0. The molecule has 0 aromatic rings. The molecule has 3 heteroatoms. The first kappa shape index (κ1) is 10.5. The summed E-state index contributed by atoms with van der Waals surface area (Å²) in [6.45, 7) is 0. The molecule has 0 aromatic heterocycles. The fourth-order valence-corrected chi connectivity index (χ4v) is 0. The van der Waals surface area contributed by atoms with E-state index in [2.05, 4.69) is 21.1 Å². The Kier molecular flexibility index (Phi) is 14.6. The second kappa shape index (κ2) is 9.74. The summed E-state index contributed by atoms with van der Waals surface area (Å²) in [7, 11) is 6.25. The van der Waals surface area contributed by atoms with Crippen molar-refractivity contribution in [1.82, 2.24) is 0 Å². The minimum atomic E-state index is 0.194. The van der Waals surface area contributed by atoms with Crippen LogP contribution >= 0.6 is 23.2 Å². The largest absolute Gasteiger partial charge is 0.342 e. The Labute approximate surface area is 55.2 Å². The molecule has 0 aliphatic carbocycles. The van der Waals surface area contributed by atoms with Crippen LogP contribution in [0, 0.1) is 0 Å². The van der Waals surface area contributed by atoms with Crippen molar-refractivity contribution >= 4 is 23.2 Å². The van der Waals surface area contributed by atoms with Crippen molar-refractivity contribution in [2.75, 3.05) is 26.5 Å². The SMILES string of the molecule is C[NH+](C)C.ClCCl. The Morgan fingerprint density at radius 1 is 1.14 bits per heavy atom. The van der Waals surface area contributed by atoms with Crippen LogP contribution in [0.4, 0.5) is 0 Å². The Morgan fingerprint density at radius 3 is 1.14 bits per heavy atom. The predicted molar refractivity (Wildman–Crippen MR) is 35.3 cm³/mol. The monoisotopic (exact) mass is 144 g/mol. The van der Waals surface area contributed by atoms with Gasteiger partial charge in [-0.25, -0.2) is 0 Å². The van der Waals surface area contributed by atoms with Crippen LogP contribution in [0.5, 0.6) is 0 Å². The molecule has 0 radical (unpaired) electrons. The third-order valence-electron chi connectivity index (χ3n) is 0. The summed E-state index contributed by atoms with van der Waals surface area (Å²) in [5, 5.41) is 0.194. The normalized spacial score (nSPS) is 7.71. The van der Waals surface area contributed by atoms with E-state index in [0.29, 0.717) is 0 Å². The van der Waals surface area contributed by atoms with Crippen LogP contribution in [0.15, 0.2) is 0 Å². The maximum atomic E-state index is 4.76. The zero-order valence-electron chi connectivity index (χ0n) is 4.96. The van der Waals surface area contributed by atoms with E-state index in [1.54, 1.807) is 0 Å². The van der Waals surface area contributed by atoms with Gasteiger partial charge in [0.15, 0.2) is 0 Å². The maximum Gasteiger partial charge on any atom is 0.0967 e. The van der Waals surface area contributed by atoms with Crippen LogP contribution in [0.25, 0.3) is 0 Å². The van der Waals surface area contributed by atoms with Gasteiger partial charge in [0.2, 0.25) is 0 Å². The molecule has 0 atom stereocenters. The fraction of sp³-hybridized carbons (Fsp3) is 1.00. The number of nitrogens with one attached hydrogen (secondary N) is 1. The van der Waals surface area contributed by atoms with Gasteiger partial charge in [-0.2, -0.15) is 0 Å². The first-order valence-corrected chi connectivity index (χ1v) is 3.10. The topological polar surface area (TPSA) is 4.44 Å². The summed E-state index contributed by atoms with van der Waals surface area (Å²) in [6, 6.07) is 0. The van der Waals surface area contributed by atoms with E-state index in [9.17, 15) is 0 Å². The van der Waals surface area contributed by atoms with Crippen molar-refractivity contribution in [3.63, 3.8) is 0 Å². The summed E-state index contributed by atoms with van der Waals surface area (Å²) in [6.07, 6.45) is 0. The lowest BCUT2D eigenvalue weighted by Gasteiger charge is -1.88. The lowest BCUT2D eigenvalue weighted by Crippen LogP contribution is -3.02. The highest BCUT2D eigenvalue weighted by Crippen LogP contribution is 1.73. The number of hydrogen-bond donors (Lipinski definition) is 1. The lowest BCUT2D eigenvalue weighted by atomic mass is 11.0. The van der Waals surface area contributed by atoms with Crippen molar-refractivity contribution < 1.29 is 4.90 Å². The van der Waals surface area contributed by atoms with Crippen LogP contribution in [0.1, 0.15) is 0 Å². The summed E-state index contributed by atoms with van der Waals surface area (Å²) in [4.78, 5) is 1.42. The molecular formula is C4H12Cl2N+. The van der Waals surface area contributed by atoms with Crippen molar-refractivity contribution in [1.29, 1.82) is 0 Å². The van der Waals surface area contributed by atoms with Gasteiger partial charge >= 0.3 is 0 Å². The number of rotatable bonds is 0. The van der Waals surface area contributed by atoms with Crippen molar-refractivity contribution in [2.45, 2.75) is 0 Å². The summed E-state index contributed by atoms with van der Waals surface area (Å²) in [5.41, 5.74) is 0. The molecule has 0 fully saturated rings. The Balaban J connectivity index is 0. The Hall–Kier alpha value is 0.540.